The van der Waals surface area contributed by atoms with Gasteiger partial charge >= 0.3 is 12.0 Å². The van der Waals surface area contributed by atoms with E-state index in [0.29, 0.717) is 11.4 Å². The largest absolute Gasteiger partial charge is 0.479 e. The summed E-state index contributed by atoms with van der Waals surface area (Å²) < 4.78 is 0. The monoisotopic (exact) mass is 312 g/mol. The molecule has 1 aliphatic rings. The first kappa shape index (κ1) is 15.8. The molecule has 7 heteroatoms. The molecule has 0 bridgehead atoms. The van der Waals surface area contributed by atoms with Crippen LogP contribution >= 0.6 is 11.3 Å². The van der Waals surface area contributed by atoms with Crippen LogP contribution in [0.2, 0.25) is 0 Å². The van der Waals surface area contributed by atoms with E-state index in [1.165, 1.54) is 11.3 Å². The predicted molar refractivity (Wildman–Crippen MR) is 79.3 cm³/mol. The highest BCUT2D eigenvalue weighted by Crippen LogP contribution is 2.21. The number of thiophene rings is 1. The van der Waals surface area contributed by atoms with Gasteiger partial charge in [0.1, 0.15) is 0 Å². The summed E-state index contributed by atoms with van der Waals surface area (Å²) in [5.41, 5.74) is 0. The average molecular weight is 312 g/mol. The normalized spacial score (nSPS) is 20.6. The van der Waals surface area contributed by atoms with Crippen LogP contribution in [0.1, 0.15) is 36.6 Å². The molecule has 0 radical (unpaired) electrons. The van der Waals surface area contributed by atoms with E-state index < -0.39 is 18.0 Å². The maximum Gasteiger partial charge on any atom is 0.331 e. The number of hydrogen-bond acceptors (Lipinski definition) is 4. The van der Waals surface area contributed by atoms with E-state index in [2.05, 4.69) is 5.32 Å². The van der Waals surface area contributed by atoms with Crippen LogP contribution in [-0.2, 0) is 4.79 Å². The number of urea groups is 1. The van der Waals surface area contributed by atoms with Crippen LogP contribution in [0.25, 0.3) is 0 Å². The molecule has 1 fully saturated rings. The molecule has 116 valence electrons. The zero-order valence-electron chi connectivity index (χ0n) is 11.7. The van der Waals surface area contributed by atoms with Gasteiger partial charge in [-0.2, -0.15) is 0 Å². The Hall–Kier alpha value is -1.60. The number of carboxylic acid groups (broad SMARTS) is 1. The van der Waals surface area contributed by atoms with Gasteiger partial charge in [0.05, 0.1) is 12.6 Å². The van der Waals surface area contributed by atoms with Crippen LogP contribution in [0.15, 0.2) is 17.5 Å². The van der Waals surface area contributed by atoms with Crippen LogP contribution in [0, 0.1) is 0 Å². The Bertz CT molecular complexity index is 477. The van der Waals surface area contributed by atoms with Gasteiger partial charge in [-0.25, -0.2) is 9.59 Å². The number of amides is 2. The van der Waals surface area contributed by atoms with Crippen LogP contribution in [0.3, 0.4) is 0 Å². The number of rotatable bonds is 4. The quantitative estimate of drug-likeness (QED) is 0.791. The first-order valence-corrected chi connectivity index (χ1v) is 7.95. The third-order valence-corrected chi connectivity index (χ3v) is 4.63. The molecule has 2 unspecified atom stereocenters. The maximum absolute atomic E-state index is 12.4. The van der Waals surface area contributed by atoms with E-state index in [9.17, 15) is 19.8 Å². The number of carbonyl (C=O) groups is 2. The molecule has 1 aliphatic heterocycles. The lowest BCUT2D eigenvalue weighted by Gasteiger charge is -2.29. The Balaban J connectivity index is 2.08. The van der Waals surface area contributed by atoms with Crippen molar-refractivity contribution in [3.8, 4) is 0 Å². The minimum atomic E-state index is -1.08. The van der Waals surface area contributed by atoms with E-state index in [4.69, 9.17) is 0 Å². The van der Waals surface area contributed by atoms with Gasteiger partial charge in [-0.3, -0.25) is 0 Å². The van der Waals surface area contributed by atoms with Gasteiger partial charge in [-0.05, 0) is 24.3 Å². The molecule has 2 heterocycles. The van der Waals surface area contributed by atoms with Crippen molar-refractivity contribution >= 4 is 23.3 Å². The standard InChI is InChI=1S/C14H20N2O4S/c17-9-10-5-2-1-3-7-16(10)14(20)15-12(13(18)19)11-6-4-8-21-11/h4,6,8,10,12,17H,1-3,5,7,9H2,(H,15,20)(H,18,19). The summed E-state index contributed by atoms with van der Waals surface area (Å²) >= 11 is 1.30. The first-order valence-electron chi connectivity index (χ1n) is 7.07. The lowest BCUT2D eigenvalue weighted by Crippen LogP contribution is -2.49. The number of carboxylic acids is 1. The highest BCUT2D eigenvalue weighted by molar-refractivity contribution is 7.10. The molecule has 2 atom stereocenters. The van der Waals surface area contributed by atoms with Crippen molar-refractivity contribution in [2.75, 3.05) is 13.2 Å². The number of nitrogens with zero attached hydrogens (tertiary/aromatic N) is 1. The van der Waals surface area contributed by atoms with E-state index in [0.717, 1.165) is 25.7 Å². The average Bonchev–Trinajstić information content (AvgIpc) is 2.88. The molecule has 21 heavy (non-hydrogen) atoms. The summed E-state index contributed by atoms with van der Waals surface area (Å²) in [6, 6.07) is 1.75. The van der Waals surface area contributed by atoms with Crippen molar-refractivity contribution in [2.45, 2.75) is 37.8 Å². The second kappa shape index (κ2) is 7.42. The molecular formula is C14H20N2O4S. The third-order valence-electron chi connectivity index (χ3n) is 3.69. The van der Waals surface area contributed by atoms with E-state index >= 15 is 0 Å². The van der Waals surface area contributed by atoms with Crippen molar-refractivity contribution < 1.29 is 19.8 Å². The van der Waals surface area contributed by atoms with Crippen molar-refractivity contribution in [3.63, 3.8) is 0 Å². The first-order chi connectivity index (χ1) is 10.1. The summed E-state index contributed by atoms with van der Waals surface area (Å²) in [5.74, 6) is -1.08. The molecule has 2 amide bonds. The number of likely N-dealkylation sites (tertiary alicyclic amines) is 1. The highest BCUT2D eigenvalue weighted by atomic mass is 32.1. The van der Waals surface area contributed by atoms with Crippen LogP contribution in [0.5, 0.6) is 0 Å². The third kappa shape index (κ3) is 3.95. The predicted octanol–water partition coefficient (Wildman–Crippen LogP) is 1.82. The molecule has 6 nitrogen and oxygen atoms in total. The molecule has 0 saturated carbocycles. The number of aliphatic hydroxyl groups excluding tert-OH is 1. The Morgan fingerprint density at radius 2 is 2.24 bits per heavy atom. The molecule has 0 aromatic carbocycles. The summed E-state index contributed by atoms with van der Waals surface area (Å²) in [5, 5.41) is 23.1. The van der Waals surface area contributed by atoms with E-state index in [1.54, 1.807) is 22.4 Å². The number of nitrogens with one attached hydrogen (secondary N) is 1. The molecule has 0 aliphatic carbocycles. The maximum atomic E-state index is 12.4. The number of aliphatic carboxylic acids is 1. The van der Waals surface area contributed by atoms with Crippen LogP contribution < -0.4 is 5.32 Å². The minimum absolute atomic E-state index is 0.0931. The lowest BCUT2D eigenvalue weighted by molar-refractivity contribution is -0.139. The summed E-state index contributed by atoms with van der Waals surface area (Å²) in [6.45, 7) is 0.456. The molecule has 1 saturated heterocycles. The zero-order valence-corrected chi connectivity index (χ0v) is 12.5. The van der Waals surface area contributed by atoms with Crippen molar-refractivity contribution in [1.29, 1.82) is 0 Å². The summed E-state index contributed by atoms with van der Waals surface area (Å²) in [6.07, 6.45) is 3.62. The van der Waals surface area contributed by atoms with Crippen LogP contribution in [-0.4, -0.2) is 46.3 Å². The fraction of sp³-hybridized carbons (Fsp3) is 0.571. The molecule has 1 aromatic rings. The smallest absolute Gasteiger partial charge is 0.331 e. The van der Waals surface area contributed by atoms with Gasteiger partial charge in [0.15, 0.2) is 6.04 Å². The van der Waals surface area contributed by atoms with E-state index in [-0.39, 0.29) is 12.6 Å². The van der Waals surface area contributed by atoms with Gasteiger partial charge in [0.25, 0.3) is 0 Å². The molecule has 2 rings (SSSR count). The van der Waals surface area contributed by atoms with E-state index in [1.807, 2.05) is 0 Å². The molecular weight excluding hydrogens is 292 g/mol. The van der Waals surface area contributed by atoms with Gasteiger partial charge < -0.3 is 20.4 Å². The zero-order chi connectivity index (χ0) is 15.2. The number of aliphatic hydroxyl groups is 1. The van der Waals surface area contributed by atoms with Crippen molar-refractivity contribution in [2.24, 2.45) is 0 Å². The fourth-order valence-electron chi connectivity index (χ4n) is 2.55. The fourth-order valence-corrected chi connectivity index (χ4v) is 3.32. The summed E-state index contributed by atoms with van der Waals surface area (Å²) in [7, 11) is 0. The SMILES string of the molecule is O=C(O)C(NC(=O)N1CCCCCC1CO)c1cccs1. The molecule has 3 N–H and O–H groups in total. The Morgan fingerprint density at radius 3 is 2.86 bits per heavy atom. The van der Waals surface area contributed by atoms with Crippen LogP contribution in [0.4, 0.5) is 4.79 Å². The van der Waals surface area contributed by atoms with Gasteiger partial charge in [-0.1, -0.05) is 18.9 Å². The van der Waals surface area contributed by atoms with Gasteiger partial charge in [-0.15, -0.1) is 11.3 Å². The summed E-state index contributed by atoms with van der Waals surface area (Å²) in [4.78, 5) is 25.9. The van der Waals surface area contributed by atoms with Crippen molar-refractivity contribution in [1.82, 2.24) is 10.2 Å². The topological polar surface area (TPSA) is 89.9 Å². The number of hydrogen-bond donors (Lipinski definition) is 3. The molecule has 1 aromatic heterocycles. The van der Waals surface area contributed by atoms with Crippen molar-refractivity contribution in [3.05, 3.63) is 22.4 Å². The molecule has 0 spiro atoms. The highest BCUT2D eigenvalue weighted by Gasteiger charge is 2.29. The second-order valence-electron chi connectivity index (χ2n) is 5.12. The second-order valence-corrected chi connectivity index (χ2v) is 6.09. The Kier molecular flexibility index (Phi) is 5.58. The minimum Gasteiger partial charge on any atom is -0.479 e. The Labute approximate surface area is 127 Å². The number of carbonyl (C=O) groups excluding carboxylic acids is 1. The lowest BCUT2D eigenvalue weighted by atomic mass is 10.1. The van der Waals surface area contributed by atoms with Gasteiger partial charge in [0, 0.05) is 11.4 Å². The van der Waals surface area contributed by atoms with Gasteiger partial charge in [0.2, 0.25) is 0 Å². The Morgan fingerprint density at radius 1 is 1.43 bits per heavy atom.